The fraction of sp³-hybridized carbons (Fsp3) is 0.0189. The number of nitrogens with zero attached hydrogens (tertiary/aromatic N) is 2. The van der Waals surface area contributed by atoms with Gasteiger partial charge in [0.15, 0.2) is 0 Å². The van der Waals surface area contributed by atoms with Gasteiger partial charge in [0.2, 0.25) is 0 Å². The number of allylic oxidation sites excluding steroid dienone is 3. The summed E-state index contributed by atoms with van der Waals surface area (Å²) in [5.41, 5.74) is 15.9. The SMILES string of the molecule is C=N/C(=C\C1=C(c2ccccc2)C(c2ccccc2)(c2ccccc2)c2ccccc21)c1ccc(-c2cc(-c3ccccc3)cc(-c3ccccc3)n2)cc1. The molecule has 1 aliphatic carbocycles. The summed E-state index contributed by atoms with van der Waals surface area (Å²) >= 11 is 0. The highest BCUT2D eigenvalue weighted by Gasteiger charge is 2.47. The topological polar surface area (TPSA) is 25.2 Å². The van der Waals surface area contributed by atoms with Crippen molar-refractivity contribution in [1.82, 2.24) is 4.98 Å². The summed E-state index contributed by atoms with van der Waals surface area (Å²) in [6, 6.07) is 75.2. The van der Waals surface area contributed by atoms with E-state index in [1.807, 2.05) is 12.1 Å². The third kappa shape index (κ3) is 6.14. The molecule has 0 amide bonds. The molecular weight excluding hydrogens is 665 g/mol. The molecule has 2 heteroatoms. The second-order valence-corrected chi connectivity index (χ2v) is 13.8. The van der Waals surface area contributed by atoms with Crippen LogP contribution in [0.3, 0.4) is 0 Å². The fourth-order valence-corrected chi connectivity index (χ4v) is 8.19. The number of hydrogen-bond donors (Lipinski definition) is 0. The van der Waals surface area contributed by atoms with Crippen molar-refractivity contribution in [2.45, 2.75) is 5.41 Å². The predicted octanol–water partition coefficient (Wildman–Crippen LogP) is 13.1. The van der Waals surface area contributed by atoms with Gasteiger partial charge in [0, 0.05) is 16.7 Å². The second-order valence-electron chi connectivity index (χ2n) is 13.8. The van der Waals surface area contributed by atoms with Crippen LogP contribution in [0.1, 0.15) is 33.4 Å². The standard InChI is InChI=1S/C53H38N2/c1-54-49(40-31-33-41(34-32-40)51-36-43(38-19-7-2-8-20-38)35-50(55-51)39-21-9-3-10-22-39)37-47-46-29-17-18-30-48(46)53(44-25-13-5-14-26-44,45-27-15-6-16-28-45)52(47)42-23-11-4-12-24-42/h2-37H,1H2/b49-37-. The van der Waals surface area contributed by atoms with Crippen molar-refractivity contribution in [2.75, 3.05) is 0 Å². The van der Waals surface area contributed by atoms with E-state index in [4.69, 9.17) is 4.98 Å². The van der Waals surface area contributed by atoms with E-state index in [0.717, 1.165) is 56.0 Å². The quantitative estimate of drug-likeness (QED) is 0.137. The lowest BCUT2D eigenvalue weighted by Gasteiger charge is -2.36. The van der Waals surface area contributed by atoms with Gasteiger partial charge in [0.25, 0.3) is 0 Å². The zero-order valence-corrected chi connectivity index (χ0v) is 30.4. The van der Waals surface area contributed by atoms with Gasteiger partial charge in [-0.1, -0.05) is 200 Å². The summed E-state index contributed by atoms with van der Waals surface area (Å²) in [5.74, 6) is 0. The molecule has 0 saturated heterocycles. The van der Waals surface area contributed by atoms with Crippen molar-refractivity contribution < 1.29 is 0 Å². The van der Waals surface area contributed by atoms with Gasteiger partial charge < -0.3 is 0 Å². The molecule has 2 nitrogen and oxygen atoms in total. The molecule has 0 fully saturated rings. The van der Waals surface area contributed by atoms with Crippen molar-refractivity contribution in [1.29, 1.82) is 0 Å². The summed E-state index contributed by atoms with van der Waals surface area (Å²) < 4.78 is 0. The lowest BCUT2D eigenvalue weighted by Crippen LogP contribution is -2.29. The third-order valence-electron chi connectivity index (χ3n) is 10.7. The van der Waals surface area contributed by atoms with Crippen LogP contribution in [0.4, 0.5) is 0 Å². The highest BCUT2D eigenvalue weighted by atomic mass is 14.7. The predicted molar refractivity (Wildman–Crippen MR) is 231 cm³/mol. The van der Waals surface area contributed by atoms with Crippen molar-refractivity contribution in [2.24, 2.45) is 4.99 Å². The normalized spacial score (nSPS) is 13.3. The molecule has 0 radical (unpaired) electrons. The van der Waals surface area contributed by atoms with E-state index >= 15 is 0 Å². The Morgan fingerprint density at radius 3 is 1.45 bits per heavy atom. The second kappa shape index (κ2) is 14.7. The van der Waals surface area contributed by atoms with Gasteiger partial charge in [0.05, 0.1) is 22.5 Å². The third-order valence-corrected chi connectivity index (χ3v) is 10.7. The number of hydrogen-bond acceptors (Lipinski definition) is 2. The Balaban J connectivity index is 1.21. The summed E-state index contributed by atoms with van der Waals surface area (Å²) in [6.45, 7) is 4.10. The molecule has 55 heavy (non-hydrogen) atoms. The smallest absolute Gasteiger partial charge is 0.0719 e. The van der Waals surface area contributed by atoms with E-state index in [0.29, 0.717) is 0 Å². The fourth-order valence-electron chi connectivity index (χ4n) is 8.19. The monoisotopic (exact) mass is 702 g/mol. The molecule has 0 bridgehead atoms. The van der Waals surface area contributed by atoms with E-state index in [2.05, 4.69) is 218 Å². The lowest BCUT2D eigenvalue weighted by atomic mass is 9.65. The number of pyridine rings is 1. The minimum atomic E-state index is -0.561. The molecule has 0 saturated carbocycles. The first-order valence-corrected chi connectivity index (χ1v) is 18.7. The summed E-state index contributed by atoms with van der Waals surface area (Å²) in [7, 11) is 0. The van der Waals surface area contributed by atoms with Gasteiger partial charge in [-0.05, 0) is 75.0 Å². The number of fused-ring (bicyclic) bond motifs is 1. The highest BCUT2D eigenvalue weighted by Crippen LogP contribution is 2.58. The lowest BCUT2D eigenvalue weighted by molar-refractivity contribution is 0.814. The molecule has 0 aliphatic heterocycles. The van der Waals surface area contributed by atoms with Crippen LogP contribution in [-0.2, 0) is 5.41 Å². The Morgan fingerprint density at radius 1 is 0.455 bits per heavy atom. The van der Waals surface area contributed by atoms with Crippen molar-refractivity contribution in [3.63, 3.8) is 0 Å². The molecule has 260 valence electrons. The van der Waals surface area contributed by atoms with Crippen LogP contribution in [-0.4, -0.2) is 11.7 Å². The van der Waals surface area contributed by atoms with Gasteiger partial charge in [-0.25, -0.2) is 4.98 Å². The Bertz CT molecular complexity index is 2560. The van der Waals surface area contributed by atoms with E-state index in [9.17, 15) is 0 Å². The molecule has 9 rings (SSSR count). The van der Waals surface area contributed by atoms with Crippen LogP contribution < -0.4 is 0 Å². The summed E-state index contributed by atoms with van der Waals surface area (Å²) in [4.78, 5) is 9.85. The first kappa shape index (κ1) is 33.7. The van der Waals surface area contributed by atoms with Crippen LogP contribution in [0.15, 0.2) is 223 Å². The van der Waals surface area contributed by atoms with Crippen LogP contribution in [0, 0.1) is 0 Å². The molecule has 0 atom stereocenters. The summed E-state index contributed by atoms with van der Waals surface area (Å²) in [5, 5.41) is 0. The Morgan fingerprint density at radius 2 is 0.909 bits per heavy atom. The van der Waals surface area contributed by atoms with Crippen LogP contribution in [0.5, 0.6) is 0 Å². The van der Waals surface area contributed by atoms with Crippen LogP contribution in [0.2, 0.25) is 0 Å². The van der Waals surface area contributed by atoms with Gasteiger partial charge in [0.1, 0.15) is 0 Å². The van der Waals surface area contributed by atoms with Gasteiger partial charge in [-0.3, -0.25) is 4.99 Å². The Hall–Kier alpha value is -7.16. The zero-order valence-electron chi connectivity index (χ0n) is 30.4. The van der Waals surface area contributed by atoms with E-state index < -0.39 is 5.41 Å². The Kier molecular flexibility index (Phi) is 8.99. The molecule has 0 unspecified atom stereocenters. The molecule has 8 aromatic rings. The number of aliphatic imine (C=N–C) groups is 1. The molecule has 1 aliphatic rings. The van der Waals surface area contributed by atoms with E-state index in [-0.39, 0.29) is 0 Å². The molecule has 1 aromatic heterocycles. The molecular formula is C53H38N2. The molecule has 0 spiro atoms. The molecule has 1 heterocycles. The van der Waals surface area contributed by atoms with Gasteiger partial charge in [-0.15, -0.1) is 0 Å². The maximum Gasteiger partial charge on any atom is 0.0719 e. The molecule has 7 aromatic carbocycles. The first-order valence-electron chi connectivity index (χ1n) is 18.7. The largest absolute Gasteiger partial charge is 0.264 e. The molecule has 0 N–H and O–H groups in total. The maximum absolute atomic E-state index is 5.16. The zero-order chi connectivity index (χ0) is 37.0. The van der Waals surface area contributed by atoms with E-state index in [1.165, 1.54) is 27.8 Å². The van der Waals surface area contributed by atoms with Crippen molar-refractivity contribution in [3.8, 4) is 33.6 Å². The van der Waals surface area contributed by atoms with E-state index in [1.54, 1.807) is 0 Å². The van der Waals surface area contributed by atoms with Crippen LogP contribution >= 0.6 is 0 Å². The van der Waals surface area contributed by atoms with Crippen molar-refractivity contribution in [3.05, 3.63) is 252 Å². The van der Waals surface area contributed by atoms with Gasteiger partial charge in [-0.2, -0.15) is 0 Å². The minimum absolute atomic E-state index is 0.561. The maximum atomic E-state index is 5.16. The minimum Gasteiger partial charge on any atom is -0.264 e. The highest BCUT2D eigenvalue weighted by molar-refractivity contribution is 6.10. The Labute approximate surface area is 323 Å². The first-order chi connectivity index (χ1) is 27.2. The van der Waals surface area contributed by atoms with Crippen molar-refractivity contribution >= 4 is 23.6 Å². The summed E-state index contributed by atoms with van der Waals surface area (Å²) in [6.07, 6.45) is 2.23. The average molecular weight is 703 g/mol. The van der Waals surface area contributed by atoms with Crippen LogP contribution in [0.25, 0.3) is 50.5 Å². The average Bonchev–Trinajstić information content (AvgIpc) is 3.57. The number of benzene rings is 7. The number of rotatable bonds is 9. The number of aromatic nitrogens is 1. The van der Waals surface area contributed by atoms with Gasteiger partial charge >= 0.3 is 0 Å².